The van der Waals surface area contributed by atoms with E-state index in [4.69, 9.17) is 10.6 Å². The van der Waals surface area contributed by atoms with Gasteiger partial charge in [-0.1, -0.05) is 102 Å². The van der Waals surface area contributed by atoms with E-state index in [1.165, 1.54) is 109 Å². The van der Waals surface area contributed by atoms with Crippen molar-refractivity contribution in [1.82, 2.24) is 0 Å². The van der Waals surface area contributed by atoms with Crippen molar-refractivity contribution in [2.45, 2.75) is 127 Å². The van der Waals surface area contributed by atoms with Crippen molar-refractivity contribution >= 4 is 0 Å². The van der Waals surface area contributed by atoms with Crippen molar-refractivity contribution < 1.29 is 20.1 Å². The van der Waals surface area contributed by atoms with Gasteiger partial charge in [-0.05, 0) is 0 Å². The van der Waals surface area contributed by atoms with Gasteiger partial charge >= 0.3 is 0 Å². The Morgan fingerprint density at radius 3 is 1.79 bits per heavy atom. The van der Waals surface area contributed by atoms with E-state index in [1.807, 2.05) is 0 Å². The van der Waals surface area contributed by atoms with Crippen LogP contribution in [-0.4, -0.2) is 24.7 Å². The molecule has 2 nitrogen and oxygen atoms in total. The smallest absolute Gasteiger partial charge is 0 e. The van der Waals surface area contributed by atoms with Crippen LogP contribution in [0.15, 0.2) is 0 Å². The Hall–Kier alpha value is 0.569. The zero-order valence-electron chi connectivity index (χ0n) is 18.6. The van der Waals surface area contributed by atoms with E-state index >= 15 is 0 Å². The van der Waals surface area contributed by atoms with Gasteiger partial charge in [-0.3, -0.25) is 0 Å². The van der Waals surface area contributed by atoms with Gasteiger partial charge in [-0.25, -0.2) is 0 Å². The summed E-state index contributed by atoms with van der Waals surface area (Å²) in [6.07, 6.45) is 29.1. The molecule has 0 spiro atoms. The summed E-state index contributed by atoms with van der Waals surface area (Å²) in [7, 11) is 0. The summed E-state index contributed by atoms with van der Waals surface area (Å²) in [5, 5.41) is 9.92. The summed E-state index contributed by atoms with van der Waals surface area (Å²) in [4.78, 5) is 0. The molecule has 2 heterocycles. The largest absolute Gasteiger partial charge is 0.661 e. The predicted octanol–water partition coefficient (Wildman–Crippen LogP) is 7.78. The van der Waals surface area contributed by atoms with Crippen LogP contribution < -0.4 is 0 Å². The van der Waals surface area contributed by atoms with Gasteiger partial charge in [0, 0.05) is 20.1 Å². The molecule has 3 heteroatoms. The Morgan fingerprint density at radius 2 is 1.14 bits per heavy atom. The molecular weight excluding hydrogens is 533 g/mol. The van der Waals surface area contributed by atoms with E-state index in [-0.39, 0.29) is 20.1 Å². The first kappa shape index (κ1) is 24.2. The molecule has 0 bridgehead atoms. The zero-order chi connectivity index (χ0) is 19.0. The SMILES string of the molecule is [CH-]1CCCCC1C1CCC2CCCCC2[N-]1.[CH-]1CCCCC1C1CCCC[N-]1.[Ir]. The number of nitrogens with zero attached hydrogens (tertiary/aromatic N) is 2. The van der Waals surface area contributed by atoms with Crippen LogP contribution >= 0.6 is 0 Å². The molecule has 6 unspecified atom stereocenters. The van der Waals surface area contributed by atoms with Gasteiger partial charge in [0.05, 0.1) is 0 Å². The van der Waals surface area contributed by atoms with Crippen LogP contribution in [0, 0.1) is 30.6 Å². The van der Waals surface area contributed by atoms with Gasteiger partial charge in [-0.2, -0.15) is 36.8 Å². The molecule has 171 valence electrons. The summed E-state index contributed by atoms with van der Waals surface area (Å²) >= 11 is 0. The summed E-state index contributed by atoms with van der Waals surface area (Å²) in [5.41, 5.74) is 0. The summed E-state index contributed by atoms with van der Waals surface area (Å²) < 4.78 is 0. The first-order valence-corrected chi connectivity index (χ1v) is 12.9. The first-order valence-electron chi connectivity index (χ1n) is 12.9. The molecule has 5 fully saturated rings. The number of piperidine rings is 2. The van der Waals surface area contributed by atoms with Gasteiger partial charge in [0.15, 0.2) is 0 Å². The fraction of sp³-hybridized carbons (Fsp3) is 0.923. The number of hydrogen-bond acceptors (Lipinski definition) is 0. The Balaban J connectivity index is 0.000000167. The van der Waals surface area contributed by atoms with Crippen LogP contribution in [0.5, 0.6) is 0 Å². The maximum absolute atomic E-state index is 5.20. The van der Waals surface area contributed by atoms with Crippen LogP contribution in [0.4, 0.5) is 0 Å². The minimum Gasteiger partial charge on any atom is -0.661 e. The second-order valence-corrected chi connectivity index (χ2v) is 10.2. The van der Waals surface area contributed by atoms with Crippen molar-refractivity contribution in [3.05, 3.63) is 23.5 Å². The molecule has 3 saturated carbocycles. The predicted molar refractivity (Wildman–Crippen MR) is 121 cm³/mol. The molecule has 0 N–H and O–H groups in total. The number of hydrogen-bond donors (Lipinski definition) is 0. The van der Waals surface area contributed by atoms with Crippen LogP contribution in [0.1, 0.15) is 109 Å². The Labute approximate surface area is 194 Å². The second-order valence-electron chi connectivity index (χ2n) is 10.2. The van der Waals surface area contributed by atoms with Gasteiger partial charge < -0.3 is 23.5 Å². The van der Waals surface area contributed by atoms with Gasteiger partial charge in [0.1, 0.15) is 0 Å². The van der Waals surface area contributed by atoms with Crippen LogP contribution in [-0.2, 0) is 20.1 Å². The quantitative estimate of drug-likeness (QED) is 0.300. The molecule has 2 aliphatic heterocycles. The van der Waals surface area contributed by atoms with Crippen LogP contribution in [0.25, 0.3) is 10.6 Å². The van der Waals surface area contributed by atoms with Gasteiger partial charge in [0.25, 0.3) is 0 Å². The topological polar surface area (TPSA) is 28.2 Å². The van der Waals surface area contributed by atoms with Crippen molar-refractivity contribution in [1.29, 1.82) is 0 Å². The third-order valence-electron chi connectivity index (χ3n) is 8.27. The third kappa shape index (κ3) is 7.30. The first-order chi connectivity index (χ1) is 13.9. The fourth-order valence-electron chi connectivity index (χ4n) is 6.56. The summed E-state index contributed by atoms with van der Waals surface area (Å²) in [6.45, 7) is 1.13. The van der Waals surface area contributed by atoms with Crippen molar-refractivity contribution in [2.75, 3.05) is 6.54 Å². The van der Waals surface area contributed by atoms with Crippen molar-refractivity contribution in [3.63, 3.8) is 0 Å². The molecular formula is C26H44IrN2-4. The molecule has 6 atom stereocenters. The van der Waals surface area contributed by atoms with E-state index in [0.29, 0.717) is 12.1 Å². The van der Waals surface area contributed by atoms with Gasteiger partial charge in [0.2, 0.25) is 0 Å². The van der Waals surface area contributed by atoms with E-state index in [0.717, 1.165) is 30.3 Å². The monoisotopic (exact) mass is 577 g/mol. The molecule has 5 rings (SSSR count). The molecule has 2 saturated heterocycles. The molecule has 0 aromatic carbocycles. The average molecular weight is 577 g/mol. The Morgan fingerprint density at radius 1 is 0.517 bits per heavy atom. The Bertz CT molecular complexity index is 406. The second kappa shape index (κ2) is 13.2. The van der Waals surface area contributed by atoms with E-state index in [9.17, 15) is 0 Å². The van der Waals surface area contributed by atoms with Gasteiger partial charge in [-0.15, -0.1) is 12.6 Å². The van der Waals surface area contributed by atoms with Crippen molar-refractivity contribution in [3.8, 4) is 0 Å². The third-order valence-corrected chi connectivity index (χ3v) is 8.27. The van der Waals surface area contributed by atoms with E-state index < -0.39 is 0 Å². The van der Waals surface area contributed by atoms with Crippen LogP contribution in [0.2, 0.25) is 0 Å². The molecule has 0 aromatic rings. The molecule has 29 heavy (non-hydrogen) atoms. The zero-order valence-corrected chi connectivity index (χ0v) is 21.0. The molecule has 1 radical (unpaired) electrons. The number of rotatable bonds is 2. The maximum Gasteiger partial charge on any atom is 0 e. The maximum atomic E-state index is 5.20. The fourth-order valence-corrected chi connectivity index (χ4v) is 6.56. The van der Waals surface area contributed by atoms with E-state index in [1.54, 1.807) is 0 Å². The Kier molecular flexibility index (Phi) is 11.0. The van der Waals surface area contributed by atoms with Crippen LogP contribution in [0.3, 0.4) is 0 Å². The molecule has 0 aromatic heterocycles. The summed E-state index contributed by atoms with van der Waals surface area (Å²) in [6, 6.07) is 2.17. The summed E-state index contributed by atoms with van der Waals surface area (Å²) in [5.74, 6) is 2.66. The van der Waals surface area contributed by atoms with E-state index in [2.05, 4.69) is 12.8 Å². The normalized spacial score (nSPS) is 40.6. The van der Waals surface area contributed by atoms with Crippen molar-refractivity contribution in [2.24, 2.45) is 17.8 Å². The minimum atomic E-state index is 0. The molecule has 0 amide bonds. The average Bonchev–Trinajstić information content (AvgIpc) is 2.81. The molecule has 5 aliphatic rings. The molecule has 3 aliphatic carbocycles. The minimum absolute atomic E-state index is 0. The standard InChI is InChI=1S/C15H25N.C11H19N.Ir/c1-2-6-12(7-3-1)15-11-10-13-8-4-5-9-14(13)16-15;1-2-6-10(7-3-1)11-8-4-5-9-12-11;/h6,12-15H,1-5,7-11H2;6,10-11H,1-5,7-9H2;/q2*-2;. The number of fused-ring (bicyclic) bond motifs is 1.